The highest BCUT2D eigenvalue weighted by molar-refractivity contribution is 7.46. The highest BCUT2D eigenvalue weighted by Crippen LogP contribution is 2.35. The Hall–Kier alpha value is -3.63. The monoisotopic (exact) mass is 473 g/mol. The van der Waals surface area contributed by atoms with E-state index in [0.29, 0.717) is 28.3 Å². The fraction of sp³-hybridized carbons (Fsp3) is 0.0952. The number of aromatic nitrogens is 3. The van der Waals surface area contributed by atoms with Crippen LogP contribution in [0, 0.1) is 5.82 Å². The number of rotatable bonds is 8. The minimum Gasteiger partial charge on any atom is -0.436 e. The number of nitrogens with two attached hydrogens (primary N) is 1. The van der Waals surface area contributed by atoms with Crippen LogP contribution in [0.3, 0.4) is 0 Å². The number of ether oxygens (including phenoxy) is 1. The maximum absolute atomic E-state index is 14.4. The molecule has 0 aliphatic heterocycles. The van der Waals surface area contributed by atoms with Crippen molar-refractivity contribution in [3.05, 3.63) is 84.1 Å². The van der Waals surface area contributed by atoms with Crippen molar-refractivity contribution in [1.29, 1.82) is 0 Å². The first-order valence-electron chi connectivity index (χ1n) is 9.60. The summed E-state index contributed by atoms with van der Waals surface area (Å²) in [6.07, 6.45) is 3.23. The van der Waals surface area contributed by atoms with Crippen molar-refractivity contribution in [3.63, 3.8) is 0 Å². The normalized spacial score (nSPS) is 11.5. The lowest BCUT2D eigenvalue weighted by Crippen LogP contribution is -2.38. The van der Waals surface area contributed by atoms with Gasteiger partial charge in [-0.3, -0.25) is 5.73 Å². The predicted octanol–water partition coefficient (Wildman–Crippen LogP) is 3.20. The lowest BCUT2D eigenvalue weighted by Gasteiger charge is -2.07. The van der Waals surface area contributed by atoms with Gasteiger partial charge >= 0.3 is 7.82 Å². The van der Waals surface area contributed by atoms with Crippen LogP contribution in [0.4, 0.5) is 10.2 Å². The second-order valence-corrected chi connectivity index (χ2v) is 8.17. The van der Waals surface area contributed by atoms with Gasteiger partial charge in [-0.15, -0.1) is 0 Å². The lowest BCUT2D eigenvalue weighted by molar-refractivity contribution is -0.711. The third-order valence-electron chi connectivity index (χ3n) is 4.51. The van der Waals surface area contributed by atoms with E-state index in [-0.39, 0.29) is 18.1 Å². The van der Waals surface area contributed by atoms with E-state index in [1.165, 1.54) is 23.0 Å². The Morgan fingerprint density at radius 2 is 1.94 bits per heavy atom. The summed E-state index contributed by atoms with van der Waals surface area (Å²) < 4.78 is 42.0. The van der Waals surface area contributed by atoms with Crippen LogP contribution >= 0.6 is 7.82 Å². The van der Waals surface area contributed by atoms with Crippen LogP contribution in [0.25, 0.3) is 11.3 Å². The molecule has 0 bridgehead atoms. The van der Waals surface area contributed by atoms with Crippen molar-refractivity contribution in [2.75, 3.05) is 5.73 Å². The van der Waals surface area contributed by atoms with Crippen molar-refractivity contribution < 1.29 is 37.1 Å². The molecule has 0 radical (unpaired) electrons. The van der Waals surface area contributed by atoms with Crippen molar-refractivity contribution in [2.45, 2.75) is 13.2 Å². The molecule has 4 N–H and O–H groups in total. The first kappa shape index (κ1) is 22.6. The number of anilines is 1. The van der Waals surface area contributed by atoms with Crippen LogP contribution in [0.5, 0.6) is 11.6 Å². The third-order valence-corrected chi connectivity index (χ3v) is 4.96. The molecule has 0 aliphatic carbocycles. The molecule has 0 unspecified atom stereocenters. The fourth-order valence-electron chi connectivity index (χ4n) is 2.99. The molecular formula is C21H19FN4O6P+. The molecule has 1 aromatic carbocycles. The van der Waals surface area contributed by atoms with Gasteiger partial charge < -0.3 is 19.0 Å². The first-order chi connectivity index (χ1) is 15.8. The van der Waals surface area contributed by atoms with Gasteiger partial charge in [0.25, 0.3) is 11.7 Å². The Morgan fingerprint density at radius 1 is 1.15 bits per heavy atom. The lowest BCUT2D eigenvalue weighted by atomic mass is 10.1. The predicted molar refractivity (Wildman–Crippen MR) is 113 cm³/mol. The van der Waals surface area contributed by atoms with Gasteiger partial charge in [0, 0.05) is 18.7 Å². The highest BCUT2D eigenvalue weighted by atomic mass is 31.2. The van der Waals surface area contributed by atoms with E-state index >= 15 is 0 Å². The maximum Gasteiger partial charge on any atom is 0.472 e. The van der Waals surface area contributed by atoms with Crippen LogP contribution in [0.1, 0.15) is 11.3 Å². The number of phosphoric acid groups is 1. The molecule has 0 amide bonds. The smallest absolute Gasteiger partial charge is 0.436 e. The Bertz CT molecular complexity index is 1310. The average molecular weight is 473 g/mol. The first-order valence-corrected chi connectivity index (χ1v) is 11.1. The van der Waals surface area contributed by atoms with Crippen LogP contribution < -0.4 is 15.0 Å². The van der Waals surface area contributed by atoms with E-state index < -0.39 is 20.4 Å². The zero-order valence-electron chi connectivity index (χ0n) is 17.0. The standard InChI is InChI=1S/C21H18FN4O6P/c22-18-10-14(12-24-21(18)31-16-5-2-1-3-6-16)9-15-11-19(32-25-15)17-7-4-8-26(20(17)23)13-30-33(27,28)29/h1-8,10-12,23H,9,13H2,(H2,27,28,29)/p+1. The molecule has 12 heteroatoms. The zero-order valence-corrected chi connectivity index (χ0v) is 17.9. The van der Waals surface area contributed by atoms with E-state index in [0.717, 1.165) is 0 Å². The van der Waals surface area contributed by atoms with Crippen LogP contribution in [-0.4, -0.2) is 19.9 Å². The van der Waals surface area contributed by atoms with Gasteiger partial charge in [-0.1, -0.05) is 23.4 Å². The van der Waals surface area contributed by atoms with Gasteiger partial charge in [-0.25, -0.2) is 23.0 Å². The Balaban J connectivity index is 1.48. The molecule has 0 spiro atoms. The number of benzene rings is 1. The number of phosphoric ester groups is 1. The van der Waals surface area contributed by atoms with E-state index in [1.54, 1.807) is 42.5 Å². The second-order valence-electron chi connectivity index (χ2n) is 6.93. The largest absolute Gasteiger partial charge is 0.472 e. The molecule has 0 fully saturated rings. The minimum absolute atomic E-state index is 0.134. The molecule has 4 aromatic rings. The number of nitrogen functional groups attached to an aromatic ring is 1. The van der Waals surface area contributed by atoms with Crippen LogP contribution in [-0.2, 0) is 22.2 Å². The van der Waals surface area contributed by atoms with E-state index in [1.807, 2.05) is 6.07 Å². The average Bonchev–Trinajstić information content (AvgIpc) is 3.23. The summed E-state index contributed by atoms with van der Waals surface area (Å²) >= 11 is 0. The zero-order chi connectivity index (χ0) is 23.4. The van der Waals surface area contributed by atoms with E-state index in [9.17, 15) is 8.96 Å². The molecule has 4 rings (SSSR count). The Kier molecular flexibility index (Phi) is 6.47. The van der Waals surface area contributed by atoms with Crippen molar-refractivity contribution >= 4 is 13.6 Å². The second kappa shape index (κ2) is 9.47. The fourth-order valence-corrected chi connectivity index (χ4v) is 3.26. The quantitative estimate of drug-likeness (QED) is 0.259. The number of nitrogens with zero attached hydrogens (tertiary/aromatic N) is 3. The summed E-state index contributed by atoms with van der Waals surface area (Å²) in [6, 6.07) is 15.0. The molecule has 3 heterocycles. The third kappa shape index (κ3) is 5.79. The number of halogens is 1. The molecule has 3 aromatic heterocycles. The molecule has 33 heavy (non-hydrogen) atoms. The molecule has 170 valence electrons. The summed E-state index contributed by atoms with van der Waals surface area (Å²) in [5.74, 6) is 0.208. The van der Waals surface area contributed by atoms with Crippen LogP contribution in [0.2, 0.25) is 0 Å². The van der Waals surface area contributed by atoms with Gasteiger partial charge in [0.05, 0.1) is 11.9 Å². The van der Waals surface area contributed by atoms with Crippen molar-refractivity contribution in [3.8, 4) is 23.0 Å². The topological polar surface area (TPSA) is 145 Å². The van der Waals surface area contributed by atoms with Crippen molar-refractivity contribution in [1.82, 2.24) is 10.1 Å². The minimum atomic E-state index is -4.66. The molecule has 0 aliphatic rings. The maximum atomic E-state index is 14.4. The Labute approximate surface area is 187 Å². The molecule has 0 saturated heterocycles. The summed E-state index contributed by atoms with van der Waals surface area (Å²) in [4.78, 5) is 21.8. The van der Waals surface area contributed by atoms with Gasteiger partial charge in [0.1, 0.15) is 11.3 Å². The van der Waals surface area contributed by atoms with E-state index in [4.69, 9.17) is 24.8 Å². The van der Waals surface area contributed by atoms with Crippen LogP contribution in [0.15, 0.2) is 71.5 Å². The van der Waals surface area contributed by atoms with Gasteiger partial charge in [-0.05, 0) is 35.9 Å². The summed E-state index contributed by atoms with van der Waals surface area (Å²) in [5.41, 5.74) is 7.58. The highest BCUT2D eigenvalue weighted by Gasteiger charge is 2.21. The van der Waals surface area contributed by atoms with Crippen molar-refractivity contribution in [2.24, 2.45) is 0 Å². The molecular weight excluding hydrogens is 454 g/mol. The van der Waals surface area contributed by atoms with Gasteiger partial charge in [0.15, 0.2) is 11.6 Å². The Morgan fingerprint density at radius 3 is 2.67 bits per heavy atom. The van der Waals surface area contributed by atoms with E-state index in [2.05, 4.69) is 14.7 Å². The molecule has 0 atom stereocenters. The van der Waals surface area contributed by atoms with Gasteiger partial charge in [0.2, 0.25) is 6.73 Å². The number of hydrogen-bond acceptors (Lipinski definition) is 7. The van der Waals surface area contributed by atoms with Gasteiger partial charge in [-0.2, -0.15) is 0 Å². The molecule has 0 saturated carbocycles. The summed E-state index contributed by atoms with van der Waals surface area (Å²) in [7, 11) is -4.66. The number of hydrogen-bond donors (Lipinski definition) is 3. The SMILES string of the molecule is Nc1c(-c2cc(Cc3cnc(Oc4ccccc4)c(F)c3)no2)ccc[n+]1COP(=O)(O)O. The summed E-state index contributed by atoms with van der Waals surface area (Å²) in [6.45, 7) is -0.451. The number of para-hydroxylation sites is 1. The molecule has 10 nitrogen and oxygen atoms in total. The number of pyridine rings is 2. The summed E-state index contributed by atoms with van der Waals surface area (Å²) in [5, 5.41) is 3.99.